The number of amides is 1. The Labute approximate surface area is 183 Å². The maximum atomic E-state index is 12.5. The summed E-state index contributed by atoms with van der Waals surface area (Å²) < 4.78 is 4.69. The summed E-state index contributed by atoms with van der Waals surface area (Å²) in [5, 5.41) is 3.78. The number of esters is 1. The largest absolute Gasteiger partial charge is 0.465 e. The second-order valence-electron chi connectivity index (χ2n) is 6.08. The molecule has 0 radical (unpaired) electrons. The first-order valence-electron chi connectivity index (χ1n) is 8.63. The van der Waals surface area contributed by atoms with Crippen molar-refractivity contribution in [1.82, 2.24) is 0 Å². The number of methoxy groups -OCH3 is 1. The van der Waals surface area contributed by atoms with Gasteiger partial charge in [0.1, 0.15) is 0 Å². The molecule has 0 aliphatic heterocycles. The summed E-state index contributed by atoms with van der Waals surface area (Å²) in [5.41, 5.74) is 2.24. The Morgan fingerprint density at radius 2 is 1.59 bits per heavy atom. The number of halogens is 2. The normalized spacial score (nSPS) is 10.4. The molecule has 3 rings (SSSR count). The fourth-order valence-electron chi connectivity index (χ4n) is 2.51. The average Bonchev–Trinajstić information content (AvgIpc) is 2.74. The Bertz CT molecular complexity index is 1020. The maximum absolute atomic E-state index is 12.5. The molecule has 4 nitrogen and oxygen atoms in total. The van der Waals surface area contributed by atoms with Crippen molar-refractivity contribution in [2.75, 3.05) is 12.4 Å². The zero-order valence-electron chi connectivity index (χ0n) is 15.4. The monoisotopic (exact) mass is 445 g/mol. The fraction of sp³-hybridized carbons (Fsp3) is 0.0909. The highest BCUT2D eigenvalue weighted by Crippen LogP contribution is 2.26. The zero-order chi connectivity index (χ0) is 20.8. The molecule has 0 aliphatic carbocycles. The van der Waals surface area contributed by atoms with Gasteiger partial charge in [-0.3, -0.25) is 4.79 Å². The molecule has 0 atom stereocenters. The van der Waals surface area contributed by atoms with Crippen LogP contribution in [-0.2, 0) is 10.5 Å². The number of benzene rings is 3. The molecule has 3 aromatic carbocycles. The molecule has 3 aromatic rings. The van der Waals surface area contributed by atoms with Crippen LogP contribution in [0.2, 0.25) is 10.0 Å². The van der Waals surface area contributed by atoms with Gasteiger partial charge in [-0.15, -0.1) is 11.8 Å². The van der Waals surface area contributed by atoms with Gasteiger partial charge in [0.2, 0.25) is 0 Å². The first-order chi connectivity index (χ1) is 14.0. The van der Waals surface area contributed by atoms with E-state index in [0.717, 1.165) is 16.2 Å². The van der Waals surface area contributed by atoms with E-state index in [-0.39, 0.29) is 5.91 Å². The molecule has 0 saturated heterocycles. The van der Waals surface area contributed by atoms with E-state index in [9.17, 15) is 9.59 Å². The Kier molecular flexibility index (Phi) is 7.20. The van der Waals surface area contributed by atoms with Crippen molar-refractivity contribution >= 4 is 52.5 Å². The number of hydrogen-bond acceptors (Lipinski definition) is 4. The molecule has 1 amide bonds. The fourth-order valence-corrected chi connectivity index (χ4v) is 3.66. The molecule has 0 bridgehead atoms. The van der Waals surface area contributed by atoms with E-state index in [4.69, 9.17) is 27.9 Å². The Hall–Kier alpha value is -2.47. The van der Waals surface area contributed by atoms with Crippen molar-refractivity contribution in [1.29, 1.82) is 0 Å². The van der Waals surface area contributed by atoms with Crippen molar-refractivity contribution in [2.45, 2.75) is 10.6 Å². The summed E-state index contributed by atoms with van der Waals surface area (Å²) >= 11 is 13.7. The maximum Gasteiger partial charge on any atom is 0.337 e. The smallest absolute Gasteiger partial charge is 0.337 e. The molecule has 0 heterocycles. The van der Waals surface area contributed by atoms with Crippen LogP contribution in [0.1, 0.15) is 26.3 Å². The molecule has 7 heteroatoms. The van der Waals surface area contributed by atoms with Gasteiger partial charge in [0, 0.05) is 21.2 Å². The summed E-state index contributed by atoms with van der Waals surface area (Å²) in [5.74, 6) is -0.0400. The molecular formula is C22H17Cl2NO3S. The SMILES string of the molecule is COC(=O)c1ccc(Cl)c(NC(=O)c2ccc(CSc3ccc(Cl)cc3)cc2)c1. The van der Waals surface area contributed by atoms with Crippen LogP contribution in [0.3, 0.4) is 0 Å². The average molecular weight is 446 g/mol. The predicted molar refractivity (Wildman–Crippen MR) is 118 cm³/mol. The summed E-state index contributed by atoms with van der Waals surface area (Å²) in [6.45, 7) is 0. The summed E-state index contributed by atoms with van der Waals surface area (Å²) in [6, 6.07) is 19.6. The molecule has 0 aliphatic rings. The number of carbonyl (C=O) groups is 2. The summed E-state index contributed by atoms with van der Waals surface area (Å²) in [7, 11) is 1.29. The van der Waals surface area contributed by atoms with Crippen molar-refractivity contribution in [3.05, 3.63) is 93.5 Å². The number of carbonyl (C=O) groups excluding carboxylic acids is 2. The van der Waals surface area contributed by atoms with Gasteiger partial charge in [-0.05, 0) is 60.2 Å². The Balaban J connectivity index is 1.64. The van der Waals surface area contributed by atoms with Gasteiger partial charge in [0.05, 0.1) is 23.4 Å². The third kappa shape index (κ3) is 5.76. The lowest BCUT2D eigenvalue weighted by Gasteiger charge is -2.09. The lowest BCUT2D eigenvalue weighted by Crippen LogP contribution is -2.13. The van der Waals surface area contributed by atoms with Gasteiger partial charge in [0.25, 0.3) is 5.91 Å². The van der Waals surface area contributed by atoms with E-state index in [1.165, 1.54) is 19.2 Å². The van der Waals surface area contributed by atoms with E-state index in [2.05, 4.69) is 5.32 Å². The minimum Gasteiger partial charge on any atom is -0.465 e. The van der Waals surface area contributed by atoms with Crippen LogP contribution in [0.4, 0.5) is 5.69 Å². The topological polar surface area (TPSA) is 55.4 Å². The second kappa shape index (κ2) is 9.83. The van der Waals surface area contributed by atoms with Crippen molar-refractivity contribution in [2.24, 2.45) is 0 Å². The number of nitrogens with one attached hydrogen (secondary N) is 1. The first-order valence-corrected chi connectivity index (χ1v) is 10.4. The van der Waals surface area contributed by atoms with Gasteiger partial charge >= 0.3 is 5.97 Å². The van der Waals surface area contributed by atoms with Crippen LogP contribution in [0, 0.1) is 0 Å². The minimum atomic E-state index is -0.500. The number of rotatable bonds is 6. The molecule has 0 aromatic heterocycles. The molecule has 0 saturated carbocycles. The lowest BCUT2D eigenvalue weighted by atomic mass is 10.1. The van der Waals surface area contributed by atoms with E-state index in [0.29, 0.717) is 26.9 Å². The van der Waals surface area contributed by atoms with Gasteiger partial charge in [-0.25, -0.2) is 4.79 Å². The summed E-state index contributed by atoms with van der Waals surface area (Å²) in [6.07, 6.45) is 0. The molecule has 148 valence electrons. The van der Waals surface area contributed by atoms with Crippen LogP contribution >= 0.6 is 35.0 Å². The Morgan fingerprint density at radius 3 is 2.24 bits per heavy atom. The van der Waals surface area contributed by atoms with Crippen LogP contribution in [0.25, 0.3) is 0 Å². The van der Waals surface area contributed by atoms with Crippen molar-refractivity contribution in [3.8, 4) is 0 Å². The van der Waals surface area contributed by atoms with Crippen LogP contribution in [0.5, 0.6) is 0 Å². The predicted octanol–water partition coefficient (Wildman–Crippen LogP) is 6.32. The van der Waals surface area contributed by atoms with Crippen LogP contribution in [-0.4, -0.2) is 19.0 Å². The van der Waals surface area contributed by atoms with Crippen LogP contribution in [0.15, 0.2) is 71.6 Å². The highest BCUT2D eigenvalue weighted by Gasteiger charge is 2.12. The van der Waals surface area contributed by atoms with Crippen molar-refractivity contribution < 1.29 is 14.3 Å². The molecule has 1 N–H and O–H groups in total. The highest BCUT2D eigenvalue weighted by molar-refractivity contribution is 7.98. The first kappa shape index (κ1) is 21.2. The number of thioether (sulfide) groups is 1. The molecule has 0 spiro atoms. The molecule has 29 heavy (non-hydrogen) atoms. The molecule has 0 fully saturated rings. The quantitative estimate of drug-likeness (QED) is 0.355. The second-order valence-corrected chi connectivity index (χ2v) is 7.97. The van der Waals surface area contributed by atoms with E-state index in [1.54, 1.807) is 30.0 Å². The third-order valence-corrected chi connectivity index (χ3v) is 5.74. The molecular weight excluding hydrogens is 429 g/mol. The van der Waals surface area contributed by atoms with E-state index in [1.807, 2.05) is 36.4 Å². The Morgan fingerprint density at radius 1 is 0.931 bits per heavy atom. The van der Waals surface area contributed by atoms with Gasteiger partial charge in [-0.2, -0.15) is 0 Å². The van der Waals surface area contributed by atoms with Crippen LogP contribution < -0.4 is 5.32 Å². The number of hydrogen-bond donors (Lipinski definition) is 1. The van der Waals surface area contributed by atoms with Crippen molar-refractivity contribution in [3.63, 3.8) is 0 Å². The minimum absolute atomic E-state index is 0.307. The van der Waals surface area contributed by atoms with E-state index < -0.39 is 5.97 Å². The van der Waals surface area contributed by atoms with Gasteiger partial charge in [-0.1, -0.05) is 35.3 Å². The molecule has 0 unspecified atom stereocenters. The van der Waals surface area contributed by atoms with Gasteiger partial charge in [0.15, 0.2) is 0 Å². The summed E-state index contributed by atoms with van der Waals surface area (Å²) in [4.78, 5) is 25.3. The van der Waals surface area contributed by atoms with E-state index >= 15 is 0 Å². The number of ether oxygens (including phenoxy) is 1. The third-order valence-electron chi connectivity index (χ3n) is 4.07. The van der Waals surface area contributed by atoms with Gasteiger partial charge < -0.3 is 10.1 Å². The lowest BCUT2D eigenvalue weighted by molar-refractivity contribution is 0.0600. The standard InChI is InChI=1S/C22H17Cl2NO3S/c1-28-22(27)16-6-11-19(24)20(12-16)25-21(26)15-4-2-14(3-5-15)13-29-18-9-7-17(23)8-10-18/h2-12H,13H2,1H3,(H,25,26). The number of anilines is 1. The zero-order valence-corrected chi connectivity index (χ0v) is 17.8. The highest BCUT2D eigenvalue weighted by atomic mass is 35.5.